The predicted octanol–water partition coefficient (Wildman–Crippen LogP) is 3.12. The first-order valence-corrected chi connectivity index (χ1v) is 10.1. The number of hydrogen-bond acceptors (Lipinski definition) is 4. The largest absolute Gasteiger partial charge is 0.330 e. The van der Waals surface area contributed by atoms with Crippen molar-refractivity contribution >= 4 is 17.5 Å². The molecule has 4 rings (SSSR count). The lowest BCUT2D eigenvalue weighted by Crippen LogP contribution is -2.40. The van der Waals surface area contributed by atoms with Gasteiger partial charge in [0.1, 0.15) is 5.82 Å². The van der Waals surface area contributed by atoms with Crippen LogP contribution in [-0.4, -0.2) is 38.0 Å². The zero-order valence-corrected chi connectivity index (χ0v) is 17.3. The minimum absolute atomic E-state index is 0.0838. The first kappa shape index (κ1) is 19.8. The highest BCUT2D eigenvalue weighted by Crippen LogP contribution is 2.18. The average Bonchev–Trinajstić information content (AvgIpc) is 3.15. The van der Waals surface area contributed by atoms with Crippen molar-refractivity contribution in [3.8, 4) is 0 Å². The van der Waals surface area contributed by atoms with Crippen molar-refractivity contribution in [2.45, 2.75) is 39.8 Å². The molecule has 0 saturated heterocycles. The number of amides is 2. The fourth-order valence-corrected chi connectivity index (χ4v) is 3.61. The number of benzene rings is 2. The SMILES string of the molecule is Cc1ccc(NC(=O)CCc2nnc3n2CCN(Cc2ccccc2C)C3=O)cc1. The first-order chi connectivity index (χ1) is 14.5. The Balaban J connectivity index is 1.38. The number of anilines is 1. The maximum atomic E-state index is 12.9. The second kappa shape index (κ2) is 8.49. The summed E-state index contributed by atoms with van der Waals surface area (Å²) in [5.41, 5.74) is 4.21. The van der Waals surface area contributed by atoms with Crippen molar-refractivity contribution in [1.82, 2.24) is 19.7 Å². The van der Waals surface area contributed by atoms with E-state index in [4.69, 9.17) is 0 Å². The lowest BCUT2D eigenvalue weighted by Gasteiger charge is -2.28. The van der Waals surface area contributed by atoms with Gasteiger partial charge < -0.3 is 14.8 Å². The standard InChI is InChI=1S/C23H25N5O2/c1-16-7-9-19(10-8-16)24-21(29)12-11-20-25-26-22-23(30)27(13-14-28(20)22)15-18-6-4-3-5-17(18)2/h3-10H,11-15H2,1-2H3,(H,24,29). The van der Waals surface area contributed by atoms with Gasteiger partial charge in [-0.3, -0.25) is 9.59 Å². The Morgan fingerprint density at radius 1 is 1.03 bits per heavy atom. The van der Waals surface area contributed by atoms with Crippen LogP contribution in [0.5, 0.6) is 0 Å². The summed E-state index contributed by atoms with van der Waals surface area (Å²) in [6.45, 7) is 5.85. The van der Waals surface area contributed by atoms with Crippen LogP contribution in [0.1, 0.15) is 39.6 Å². The number of nitrogens with one attached hydrogen (secondary N) is 1. The molecule has 0 spiro atoms. The highest BCUT2D eigenvalue weighted by atomic mass is 16.2. The molecule has 1 aliphatic rings. The molecule has 3 aromatic rings. The van der Waals surface area contributed by atoms with Gasteiger partial charge in [0.25, 0.3) is 5.91 Å². The molecule has 1 aliphatic heterocycles. The van der Waals surface area contributed by atoms with Gasteiger partial charge in [0.15, 0.2) is 0 Å². The molecular formula is C23H25N5O2. The molecule has 30 heavy (non-hydrogen) atoms. The van der Waals surface area contributed by atoms with Gasteiger partial charge in [-0.2, -0.15) is 0 Å². The second-order valence-electron chi connectivity index (χ2n) is 7.66. The number of hydrogen-bond donors (Lipinski definition) is 1. The van der Waals surface area contributed by atoms with E-state index in [1.165, 1.54) is 0 Å². The van der Waals surface area contributed by atoms with Gasteiger partial charge in [-0.15, -0.1) is 10.2 Å². The third-order valence-electron chi connectivity index (χ3n) is 5.43. The van der Waals surface area contributed by atoms with Gasteiger partial charge in [-0.25, -0.2) is 0 Å². The molecule has 154 valence electrons. The smallest absolute Gasteiger partial charge is 0.292 e. The van der Waals surface area contributed by atoms with E-state index >= 15 is 0 Å². The van der Waals surface area contributed by atoms with Crippen molar-refractivity contribution in [2.75, 3.05) is 11.9 Å². The minimum Gasteiger partial charge on any atom is -0.330 e. The van der Waals surface area contributed by atoms with Crippen LogP contribution in [-0.2, 0) is 24.3 Å². The maximum absolute atomic E-state index is 12.9. The molecule has 7 heteroatoms. The van der Waals surface area contributed by atoms with E-state index in [0.717, 1.165) is 22.4 Å². The third kappa shape index (κ3) is 4.25. The molecule has 2 aromatic carbocycles. The van der Waals surface area contributed by atoms with Crippen LogP contribution in [0.3, 0.4) is 0 Å². The van der Waals surface area contributed by atoms with Crippen LogP contribution in [0.2, 0.25) is 0 Å². The number of nitrogens with zero attached hydrogens (tertiary/aromatic N) is 4. The van der Waals surface area contributed by atoms with E-state index in [2.05, 4.69) is 15.5 Å². The van der Waals surface area contributed by atoms with Crippen molar-refractivity contribution in [1.29, 1.82) is 0 Å². The fraction of sp³-hybridized carbons (Fsp3) is 0.304. The fourth-order valence-electron chi connectivity index (χ4n) is 3.61. The van der Waals surface area contributed by atoms with Crippen LogP contribution in [0.25, 0.3) is 0 Å². The Bertz CT molecular complexity index is 1070. The van der Waals surface area contributed by atoms with Crippen LogP contribution in [0.4, 0.5) is 5.69 Å². The molecule has 0 radical (unpaired) electrons. The quantitative estimate of drug-likeness (QED) is 0.686. The van der Waals surface area contributed by atoms with E-state index in [-0.39, 0.29) is 18.2 Å². The highest BCUT2D eigenvalue weighted by Gasteiger charge is 2.29. The maximum Gasteiger partial charge on any atom is 0.292 e. The van der Waals surface area contributed by atoms with E-state index in [9.17, 15) is 9.59 Å². The lowest BCUT2D eigenvalue weighted by molar-refractivity contribution is -0.116. The number of carbonyl (C=O) groups excluding carboxylic acids is 2. The van der Waals surface area contributed by atoms with E-state index in [0.29, 0.717) is 37.7 Å². The minimum atomic E-state index is -0.118. The molecule has 1 aromatic heterocycles. The Morgan fingerprint density at radius 2 is 1.80 bits per heavy atom. The average molecular weight is 403 g/mol. The summed E-state index contributed by atoms with van der Waals surface area (Å²) in [5.74, 6) is 0.823. The first-order valence-electron chi connectivity index (χ1n) is 10.1. The molecule has 0 fully saturated rings. The Morgan fingerprint density at radius 3 is 2.57 bits per heavy atom. The normalized spacial score (nSPS) is 13.3. The summed E-state index contributed by atoms with van der Waals surface area (Å²) in [6.07, 6.45) is 0.725. The molecule has 7 nitrogen and oxygen atoms in total. The third-order valence-corrected chi connectivity index (χ3v) is 5.43. The van der Waals surface area contributed by atoms with Crippen LogP contribution in [0.15, 0.2) is 48.5 Å². The Kier molecular flexibility index (Phi) is 5.61. The van der Waals surface area contributed by atoms with Gasteiger partial charge in [-0.05, 0) is 37.1 Å². The van der Waals surface area contributed by atoms with Crippen LogP contribution >= 0.6 is 0 Å². The Hall–Kier alpha value is -3.48. The van der Waals surface area contributed by atoms with Crippen molar-refractivity contribution in [3.63, 3.8) is 0 Å². The lowest BCUT2D eigenvalue weighted by atomic mass is 10.1. The molecule has 0 atom stereocenters. The number of aromatic nitrogens is 3. The number of rotatable bonds is 6. The summed E-state index contributed by atoms with van der Waals surface area (Å²) < 4.78 is 1.84. The van der Waals surface area contributed by atoms with Gasteiger partial charge in [-0.1, -0.05) is 42.0 Å². The van der Waals surface area contributed by atoms with Gasteiger partial charge in [0.2, 0.25) is 11.7 Å². The molecule has 2 amide bonds. The summed E-state index contributed by atoms with van der Waals surface area (Å²) in [7, 11) is 0. The van der Waals surface area contributed by atoms with E-state index in [1.807, 2.05) is 66.9 Å². The van der Waals surface area contributed by atoms with Gasteiger partial charge in [0.05, 0.1) is 0 Å². The zero-order valence-electron chi connectivity index (χ0n) is 17.3. The molecule has 0 saturated carbocycles. The highest BCUT2D eigenvalue weighted by molar-refractivity contribution is 5.92. The predicted molar refractivity (Wildman–Crippen MR) is 114 cm³/mol. The summed E-state index contributed by atoms with van der Waals surface area (Å²) >= 11 is 0. The summed E-state index contributed by atoms with van der Waals surface area (Å²) in [5, 5.41) is 11.2. The number of fused-ring (bicyclic) bond motifs is 1. The molecule has 0 aliphatic carbocycles. The Labute approximate surface area is 175 Å². The van der Waals surface area contributed by atoms with Crippen LogP contribution < -0.4 is 5.32 Å². The number of carbonyl (C=O) groups is 2. The van der Waals surface area contributed by atoms with Crippen molar-refractivity contribution in [2.24, 2.45) is 0 Å². The zero-order chi connectivity index (χ0) is 21.1. The molecule has 0 unspecified atom stereocenters. The molecule has 2 heterocycles. The van der Waals surface area contributed by atoms with E-state index < -0.39 is 0 Å². The molecular weight excluding hydrogens is 378 g/mol. The summed E-state index contributed by atoms with van der Waals surface area (Å²) in [6, 6.07) is 15.7. The van der Waals surface area contributed by atoms with Crippen molar-refractivity contribution in [3.05, 3.63) is 76.9 Å². The topological polar surface area (TPSA) is 80.1 Å². The summed E-state index contributed by atoms with van der Waals surface area (Å²) in [4.78, 5) is 27.0. The molecule has 0 bridgehead atoms. The second-order valence-corrected chi connectivity index (χ2v) is 7.66. The van der Waals surface area contributed by atoms with Crippen LogP contribution in [0, 0.1) is 13.8 Å². The molecule has 1 N–H and O–H groups in total. The van der Waals surface area contributed by atoms with Gasteiger partial charge >= 0.3 is 0 Å². The monoisotopic (exact) mass is 403 g/mol. The van der Waals surface area contributed by atoms with E-state index in [1.54, 1.807) is 4.90 Å². The van der Waals surface area contributed by atoms with Gasteiger partial charge in [0, 0.05) is 38.2 Å². The van der Waals surface area contributed by atoms with Crippen molar-refractivity contribution < 1.29 is 9.59 Å². The number of aryl methyl sites for hydroxylation is 3.